The smallest absolute Gasteiger partial charge is 0.243 e. The Hall–Kier alpha value is -2.83. The lowest BCUT2D eigenvalue weighted by atomic mass is 10.2. The fourth-order valence-corrected chi connectivity index (χ4v) is 6.81. The molecule has 0 spiro atoms. The lowest BCUT2D eigenvalue weighted by Crippen LogP contribution is -2.48. The van der Waals surface area contributed by atoms with Crippen LogP contribution in [-0.4, -0.2) is 72.2 Å². The van der Waals surface area contributed by atoms with Gasteiger partial charge >= 0.3 is 0 Å². The molecule has 0 radical (unpaired) electrons. The molecule has 37 heavy (non-hydrogen) atoms. The summed E-state index contributed by atoms with van der Waals surface area (Å²) >= 11 is 0. The van der Waals surface area contributed by atoms with Crippen molar-refractivity contribution < 1.29 is 31.1 Å². The second-order valence-electron chi connectivity index (χ2n) is 8.74. The molecule has 3 rings (SSSR count). The number of benzene rings is 2. The first kappa shape index (κ1) is 28.7. The number of carbonyl (C=O) groups is 1. The zero-order chi connectivity index (χ0) is 27.1. The highest BCUT2D eigenvalue weighted by molar-refractivity contribution is 7.92. The van der Waals surface area contributed by atoms with Gasteiger partial charge in [-0.3, -0.25) is 9.10 Å². The largest absolute Gasteiger partial charge is 0.494 e. The van der Waals surface area contributed by atoms with Crippen molar-refractivity contribution in [2.45, 2.75) is 44.0 Å². The molecule has 1 atom stereocenters. The van der Waals surface area contributed by atoms with Crippen molar-refractivity contribution in [1.29, 1.82) is 0 Å². The maximum Gasteiger partial charge on any atom is 0.243 e. The van der Waals surface area contributed by atoms with Crippen LogP contribution in [0, 0.1) is 0 Å². The minimum Gasteiger partial charge on any atom is -0.494 e. The number of rotatable bonds is 12. The fourth-order valence-electron chi connectivity index (χ4n) is 4.12. The highest BCUT2D eigenvalue weighted by Crippen LogP contribution is 2.25. The maximum absolute atomic E-state index is 12.8. The average Bonchev–Trinajstić information content (AvgIpc) is 2.88. The molecular weight excluding hydrogens is 518 g/mol. The molecule has 1 saturated heterocycles. The lowest BCUT2D eigenvalue weighted by Gasteiger charge is -2.28. The maximum atomic E-state index is 12.8. The van der Waals surface area contributed by atoms with Crippen LogP contribution in [0.25, 0.3) is 0 Å². The summed E-state index contributed by atoms with van der Waals surface area (Å²) < 4.78 is 64.0. The minimum absolute atomic E-state index is 0.124. The second-order valence-corrected chi connectivity index (χ2v) is 12.5. The van der Waals surface area contributed by atoms with E-state index in [0.717, 1.165) is 29.8 Å². The van der Waals surface area contributed by atoms with E-state index in [1.807, 2.05) is 6.92 Å². The molecule has 1 heterocycles. The molecule has 0 saturated carbocycles. The van der Waals surface area contributed by atoms with Crippen LogP contribution < -0.4 is 19.1 Å². The number of amides is 1. The molecule has 0 bridgehead atoms. The number of hydrogen-bond acceptors (Lipinski definition) is 7. The number of ether oxygens (including phenoxy) is 2. The Morgan fingerprint density at radius 1 is 0.946 bits per heavy atom. The first-order chi connectivity index (χ1) is 17.5. The second kappa shape index (κ2) is 12.6. The van der Waals surface area contributed by atoms with Gasteiger partial charge in [0, 0.05) is 13.1 Å². The summed E-state index contributed by atoms with van der Waals surface area (Å²) in [7, 11) is -7.25. The number of nitrogens with one attached hydrogen (secondary N) is 1. The van der Waals surface area contributed by atoms with Gasteiger partial charge in [0.05, 0.1) is 30.0 Å². The van der Waals surface area contributed by atoms with Crippen LogP contribution in [0.2, 0.25) is 0 Å². The molecule has 1 N–H and O–H groups in total. The van der Waals surface area contributed by atoms with Gasteiger partial charge in [-0.25, -0.2) is 16.8 Å². The van der Waals surface area contributed by atoms with Crippen molar-refractivity contribution in [3.63, 3.8) is 0 Å². The molecule has 2 aromatic carbocycles. The molecule has 0 aromatic heterocycles. The Morgan fingerprint density at radius 2 is 1.51 bits per heavy atom. The Kier molecular flexibility index (Phi) is 9.80. The molecule has 10 nitrogen and oxygen atoms in total. The standard InChI is InChI=1S/C25H35N3O7S2/c1-4-34-22-10-8-21(9-11-22)28(36(3,30)31)20(2)25(29)26-16-19-35-23-12-14-24(15-13-23)37(32,33)27-17-6-5-7-18-27/h8-15,20H,4-7,16-19H2,1-3H3,(H,26,29)/t20-/m0/s1. The van der Waals surface area contributed by atoms with Gasteiger partial charge in [-0.2, -0.15) is 4.31 Å². The Balaban J connectivity index is 1.53. The molecular formula is C25H35N3O7S2. The van der Waals surface area contributed by atoms with Gasteiger partial charge in [0.25, 0.3) is 0 Å². The first-order valence-electron chi connectivity index (χ1n) is 12.3. The summed E-state index contributed by atoms with van der Waals surface area (Å²) in [5, 5.41) is 2.69. The summed E-state index contributed by atoms with van der Waals surface area (Å²) in [6, 6.07) is 11.7. The predicted octanol–water partition coefficient (Wildman–Crippen LogP) is 2.61. The van der Waals surface area contributed by atoms with Crippen molar-refractivity contribution in [1.82, 2.24) is 9.62 Å². The highest BCUT2D eigenvalue weighted by Gasteiger charge is 2.29. The van der Waals surface area contributed by atoms with Crippen LogP contribution in [0.4, 0.5) is 5.69 Å². The molecule has 1 aliphatic rings. The lowest BCUT2D eigenvalue weighted by molar-refractivity contribution is -0.121. The molecule has 2 aromatic rings. The summed E-state index contributed by atoms with van der Waals surface area (Å²) in [6.07, 6.45) is 3.83. The third kappa shape index (κ3) is 7.59. The van der Waals surface area contributed by atoms with E-state index in [4.69, 9.17) is 9.47 Å². The normalized spacial score (nSPS) is 15.5. The molecule has 1 fully saturated rings. The van der Waals surface area contributed by atoms with E-state index >= 15 is 0 Å². The Morgan fingerprint density at radius 3 is 2.08 bits per heavy atom. The molecule has 12 heteroatoms. The highest BCUT2D eigenvalue weighted by atomic mass is 32.2. The van der Waals surface area contributed by atoms with E-state index in [9.17, 15) is 21.6 Å². The van der Waals surface area contributed by atoms with Gasteiger partial charge in [0.2, 0.25) is 26.0 Å². The van der Waals surface area contributed by atoms with E-state index in [1.54, 1.807) is 36.4 Å². The van der Waals surface area contributed by atoms with E-state index in [-0.39, 0.29) is 18.0 Å². The number of carbonyl (C=O) groups excluding carboxylic acids is 1. The van der Waals surface area contributed by atoms with Crippen LogP contribution in [0.1, 0.15) is 33.1 Å². The van der Waals surface area contributed by atoms with Crippen molar-refractivity contribution in [2.24, 2.45) is 0 Å². The van der Waals surface area contributed by atoms with Gasteiger partial charge in [0.15, 0.2) is 0 Å². The van der Waals surface area contributed by atoms with Crippen molar-refractivity contribution in [3.05, 3.63) is 48.5 Å². The molecule has 1 aliphatic heterocycles. The van der Waals surface area contributed by atoms with Crippen molar-refractivity contribution in [3.8, 4) is 11.5 Å². The van der Waals surface area contributed by atoms with Crippen molar-refractivity contribution >= 4 is 31.6 Å². The molecule has 1 amide bonds. The summed E-state index contributed by atoms with van der Waals surface area (Å²) in [4.78, 5) is 12.9. The average molecular weight is 554 g/mol. The fraction of sp³-hybridized carbons (Fsp3) is 0.480. The van der Waals surface area contributed by atoms with E-state index in [0.29, 0.717) is 36.9 Å². The zero-order valence-corrected chi connectivity index (χ0v) is 23.1. The Labute approximate surface area is 219 Å². The quantitative estimate of drug-likeness (QED) is 0.401. The van der Waals surface area contributed by atoms with Gasteiger partial charge in [-0.1, -0.05) is 6.42 Å². The topological polar surface area (TPSA) is 122 Å². The zero-order valence-electron chi connectivity index (χ0n) is 21.4. The summed E-state index contributed by atoms with van der Waals surface area (Å²) in [6.45, 7) is 5.18. The van der Waals surface area contributed by atoms with Crippen molar-refractivity contribution in [2.75, 3.05) is 43.4 Å². The van der Waals surface area contributed by atoms with Crippen LogP contribution in [0.3, 0.4) is 0 Å². The SMILES string of the molecule is CCOc1ccc(N([C@@H](C)C(=O)NCCOc2ccc(S(=O)(=O)N3CCCCC3)cc2)S(C)(=O)=O)cc1. The van der Waals surface area contributed by atoms with Gasteiger partial charge < -0.3 is 14.8 Å². The van der Waals surface area contributed by atoms with E-state index in [1.165, 1.54) is 23.4 Å². The molecule has 0 unspecified atom stereocenters. The predicted molar refractivity (Wildman–Crippen MR) is 142 cm³/mol. The third-order valence-electron chi connectivity index (χ3n) is 5.94. The number of hydrogen-bond donors (Lipinski definition) is 1. The Bertz CT molecular complexity index is 1240. The summed E-state index contributed by atoms with van der Waals surface area (Å²) in [5.41, 5.74) is 0.351. The van der Waals surface area contributed by atoms with Crippen LogP contribution in [0.15, 0.2) is 53.4 Å². The van der Waals surface area contributed by atoms with E-state index < -0.39 is 32.0 Å². The van der Waals surface area contributed by atoms with Gasteiger partial charge in [-0.15, -0.1) is 0 Å². The molecule has 204 valence electrons. The number of piperidine rings is 1. The van der Waals surface area contributed by atoms with E-state index in [2.05, 4.69) is 5.32 Å². The number of anilines is 1. The van der Waals surface area contributed by atoms with Crippen LogP contribution >= 0.6 is 0 Å². The number of sulfonamides is 2. The van der Waals surface area contributed by atoms with Crippen LogP contribution in [0.5, 0.6) is 11.5 Å². The number of nitrogens with zero attached hydrogens (tertiary/aromatic N) is 2. The monoisotopic (exact) mass is 553 g/mol. The summed E-state index contributed by atoms with van der Waals surface area (Å²) in [5.74, 6) is 0.587. The first-order valence-corrected chi connectivity index (χ1v) is 15.6. The minimum atomic E-state index is -3.74. The molecule has 0 aliphatic carbocycles. The van der Waals surface area contributed by atoms with Gasteiger partial charge in [-0.05, 0) is 75.2 Å². The van der Waals surface area contributed by atoms with Crippen LogP contribution in [-0.2, 0) is 24.8 Å². The van der Waals surface area contributed by atoms with Gasteiger partial charge in [0.1, 0.15) is 24.1 Å². The third-order valence-corrected chi connectivity index (χ3v) is 9.09.